The average molecular weight is 720 g/mol. The Hall–Kier alpha value is -4.21. The summed E-state index contributed by atoms with van der Waals surface area (Å²) >= 11 is 0. The number of hydrogen-bond acceptors (Lipinski definition) is 13. The van der Waals surface area contributed by atoms with Gasteiger partial charge in [-0.3, -0.25) is 4.84 Å². The van der Waals surface area contributed by atoms with Crippen molar-refractivity contribution in [1.82, 2.24) is 5.23 Å². The molecule has 3 aromatic carbocycles. The van der Waals surface area contributed by atoms with E-state index in [1.54, 1.807) is 20.8 Å². The predicted molar refractivity (Wildman–Crippen MR) is 183 cm³/mol. The van der Waals surface area contributed by atoms with Gasteiger partial charge in [0.25, 0.3) is 0 Å². The molecule has 0 unspecified atom stereocenters. The molecule has 3 saturated heterocycles. The van der Waals surface area contributed by atoms with E-state index in [4.69, 9.17) is 42.8 Å². The molecule has 0 amide bonds. The summed E-state index contributed by atoms with van der Waals surface area (Å²) in [6, 6.07) is 28.7. The topological polar surface area (TPSA) is 138 Å². The minimum atomic E-state index is -2.50. The second-order valence-electron chi connectivity index (χ2n) is 12.6. The summed E-state index contributed by atoms with van der Waals surface area (Å²) in [7, 11) is 0. The van der Waals surface area contributed by atoms with Crippen molar-refractivity contribution in [3.05, 3.63) is 108 Å². The molecule has 0 aliphatic carbocycles. The first-order valence-electron chi connectivity index (χ1n) is 17.6. The molecule has 6 rings (SSSR count). The van der Waals surface area contributed by atoms with E-state index in [2.05, 4.69) is 0 Å². The molecule has 52 heavy (non-hydrogen) atoms. The van der Waals surface area contributed by atoms with Crippen LogP contribution in [0.2, 0.25) is 0 Å². The Bertz CT molecular complexity index is 1610. The Morgan fingerprint density at radius 3 is 1.77 bits per heavy atom. The number of ether oxygens (including phenoxy) is 7. The van der Waals surface area contributed by atoms with Crippen LogP contribution in [-0.4, -0.2) is 91.2 Å². The molecule has 278 valence electrons. The predicted octanol–water partition coefficient (Wildman–Crippen LogP) is 4.26. The van der Waals surface area contributed by atoms with Gasteiger partial charge < -0.3 is 33.2 Å². The van der Waals surface area contributed by atoms with E-state index in [0.29, 0.717) is 0 Å². The number of hydroxylamine groups is 2. The highest BCUT2D eigenvalue weighted by Crippen LogP contribution is 2.56. The first kappa shape index (κ1) is 37.5. The van der Waals surface area contributed by atoms with E-state index in [1.165, 1.54) is 0 Å². The zero-order valence-electron chi connectivity index (χ0n) is 29.6. The van der Waals surface area contributed by atoms with Crippen LogP contribution in [0.25, 0.3) is 0 Å². The summed E-state index contributed by atoms with van der Waals surface area (Å²) in [5.74, 6) is -2.75. The molecular formula is C39H45NO12. The number of carbonyl (C=O) groups excluding carboxylic acids is 3. The van der Waals surface area contributed by atoms with Crippen LogP contribution in [0.5, 0.6) is 0 Å². The summed E-state index contributed by atoms with van der Waals surface area (Å²) in [5.41, 5.74) is -1.48. The van der Waals surface area contributed by atoms with Crippen molar-refractivity contribution in [1.29, 1.82) is 0 Å². The molecule has 0 radical (unpaired) electrons. The van der Waals surface area contributed by atoms with Crippen LogP contribution in [-0.2, 0) is 77.0 Å². The maximum Gasteiger partial charge on any atom is 0.355 e. The van der Waals surface area contributed by atoms with E-state index >= 15 is 0 Å². The Morgan fingerprint density at radius 2 is 1.23 bits per heavy atom. The normalized spacial score (nSPS) is 26.2. The van der Waals surface area contributed by atoms with E-state index in [9.17, 15) is 14.4 Å². The molecule has 0 bridgehead atoms. The second kappa shape index (κ2) is 17.1. The van der Waals surface area contributed by atoms with Gasteiger partial charge in [0.1, 0.15) is 30.0 Å². The smallest absolute Gasteiger partial charge is 0.355 e. The summed E-state index contributed by atoms with van der Waals surface area (Å²) in [4.78, 5) is 53.8. The minimum absolute atomic E-state index is 0.0317. The number of nitrogens with zero attached hydrogens (tertiary/aromatic N) is 1. The number of carbonyl (C=O) groups is 3. The maximum atomic E-state index is 14.1. The third-order valence-corrected chi connectivity index (χ3v) is 9.25. The van der Waals surface area contributed by atoms with Gasteiger partial charge in [-0.1, -0.05) is 96.2 Å². The monoisotopic (exact) mass is 719 g/mol. The molecule has 3 heterocycles. The van der Waals surface area contributed by atoms with Crippen LogP contribution in [0, 0.1) is 0 Å². The lowest BCUT2D eigenvalue weighted by Gasteiger charge is -2.50. The van der Waals surface area contributed by atoms with Crippen LogP contribution in [0.1, 0.15) is 43.9 Å². The number of benzene rings is 3. The fraction of sp³-hybridized carbons (Fsp3) is 0.462. The van der Waals surface area contributed by atoms with Crippen molar-refractivity contribution in [2.24, 2.45) is 0 Å². The van der Waals surface area contributed by atoms with Crippen molar-refractivity contribution in [2.45, 2.75) is 88.7 Å². The standard InChI is InChI=1S/C39H45NO12/c1-4-45-34(41)30-22-38-33(49-25-29-20-14-9-15-21-29)32(48-24-28-18-12-8-13-19-28)31(26-44-23-27-16-10-7-11-17-27)50-35(38)39(36(42)46-5-2,37(43)47-6-3)52-40(38)51-30/h7-21,30-33,35H,4-6,22-26H2,1-3H3/t30-,31-,32+,33+,35+,38-/m1/s1. The molecule has 3 aliphatic rings. The lowest BCUT2D eigenvalue weighted by Crippen LogP contribution is -2.73. The number of esters is 3. The van der Waals surface area contributed by atoms with Crippen molar-refractivity contribution in [3.63, 3.8) is 0 Å². The van der Waals surface area contributed by atoms with Gasteiger partial charge in [-0.05, 0) is 37.5 Å². The Kier molecular flexibility index (Phi) is 12.3. The molecule has 3 aromatic rings. The SMILES string of the molecule is CCOC(=O)[C@H]1C[C@]23[C@H](O[C@H](COCc4ccccc4)[C@H](OCc4ccccc4)[C@@H]2OCc2ccccc2)C(C(=O)OCC)(C(=O)OCC)ON3O1. The molecule has 0 N–H and O–H groups in total. The van der Waals surface area contributed by atoms with Crippen molar-refractivity contribution < 1.29 is 57.2 Å². The van der Waals surface area contributed by atoms with Crippen molar-refractivity contribution in [3.8, 4) is 0 Å². The van der Waals surface area contributed by atoms with Gasteiger partial charge in [0, 0.05) is 6.42 Å². The zero-order valence-corrected chi connectivity index (χ0v) is 29.6. The van der Waals surface area contributed by atoms with Crippen molar-refractivity contribution >= 4 is 17.9 Å². The van der Waals surface area contributed by atoms with E-state index in [0.717, 1.165) is 21.9 Å². The lowest BCUT2D eigenvalue weighted by molar-refractivity contribution is -0.391. The summed E-state index contributed by atoms with van der Waals surface area (Å²) in [6.45, 7) is 5.30. The second-order valence-corrected chi connectivity index (χ2v) is 12.6. The molecule has 0 aromatic heterocycles. The van der Waals surface area contributed by atoms with Crippen molar-refractivity contribution in [2.75, 3.05) is 26.4 Å². The van der Waals surface area contributed by atoms with Crippen LogP contribution in [0.15, 0.2) is 91.0 Å². The Balaban J connectivity index is 1.47. The zero-order chi connectivity index (χ0) is 36.6. The summed E-state index contributed by atoms with van der Waals surface area (Å²) in [5, 5.41) is 0.989. The lowest BCUT2D eigenvalue weighted by atomic mass is 9.71. The van der Waals surface area contributed by atoms with Gasteiger partial charge in [0.15, 0.2) is 6.10 Å². The van der Waals surface area contributed by atoms with Gasteiger partial charge in [0.2, 0.25) is 0 Å². The molecule has 1 spiro atoms. The van der Waals surface area contributed by atoms with Gasteiger partial charge in [-0.15, -0.1) is 0 Å². The summed E-state index contributed by atoms with van der Waals surface area (Å²) < 4.78 is 42.9. The molecule has 3 fully saturated rings. The highest BCUT2D eigenvalue weighted by molar-refractivity contribution is 6.05. The van der Waals surface area contributed by atoms with Gasteiger partial charge in [-0.25, -0.2) is 19.2 Å². The van der Waals surface area contributed by atoms with E-state index in [1.807, 2.05) is 91.0 Å². The molecule has 6 atom stereocenters. The molecule has 0 saturated carbocycles. The third kappa shape index (κ3) is 7.48. The summed E-state index contributed by atoms with van der Waals surface area (Å²) in [6.07, 6.45) is -5.73. The molecule has 13 nitrogen and oxygen atoms in total. The Labute approximate surface area is 302 Å². The van der Waals surface area contributed by atoms with Gasteiger partial charge in [-0.2, -0.15) is 0 Å². The average Bonchev–Trinajstić information content (AvgIpc) is 3.66. The van der Waals surface area contributed by atoms with Gasteiger partial charge >= 0.3 is 23.5 Å². The van der Waals surface area contributed by atoms with E-state index < -0.39 is 59.6 Å². The number of rotatable bonds is 16. The minimum Gasteiger partial charge on any atom is -0.464 e. The highest BCUT2D eigenvalue weighted by Gasteiger charge is 2.82. The number of hydrogen-bond donors (Lipinski definition) is 0. The quantitative estimate of drug-likeness (QED) is 0.119. The maximum absolute atomic E-state index is 14.1. The van der Waals surface area contributed by atoms with E-state index in [-0.39, 0.29) is 52.7 Å². The fourth-order valence-corrected chi connectivity index (χ4v) is 6.95. The molecule has 13 heteroatoms. The first-order chi connectivity index (χ1) is 25.4. The van der Waals surface area contributed by atoms with Crippen LogP contribution in [0.4, 0.5) is 0 Å². The molecule has 3 aliphatic heterocycles. The first-order valence-corrected chi connectivity index (χ1v) is 17.6. The van der Waals surface area contributed by atoms with Gasteiger partial charge in [0.05, 0.1) is 46.2 Å². The van der Waals surface area contributed by atoms with Crippen LogP contribution in [0.3, 0.4) is 0 Å². The Morgan fingerprint density at radius 1 is 0.712 bits per heavy atom. The van der Waals surface area contributed by atoms with Crippen LogP contribution >= 0.6 is 0 Å². The molecular weight excluding hydrogens is 674 g/mol. The van der Waals surface area contributed by atoms with Crippen LogP contribution < -0.4 is 0 Å². The third-order valence-electron chi connectivity index (χ3n) is 9.25. The fourth-order valence-electron chi connectivity index (χ4n) is 6.95. The highest BCUT2D eigenvalue weighted by atomic mass is 17.0. The largest absolute Gasteiger partial charge is 0.464 e.